The van der Waals surface area contributed by atoms with Gasteiger partial charge in [0.25, 0.3) is 10.0 Å². The predicted molar refractivity (Wildman–Crippen MR) is 132 cm³/mol. The monoisotopic (exact) mass is 517 g/mol. The summed E-state index contributed by atoms with van der Waals surface area (Å²) in [6.45, 7) is 1.36. The maximum Gasteiger partial charge on any atom is 0.261 e. The number of rotatable bonds is 8. The SMILES string of the molecule is CN(C)S(=O)(=O)c1ccc(S(=O)(=O)Nc2ccccc2N2CCC(Oc3cnccn3)CC2)cc1. The third kappa shape index (κ3) is 5.72. The topological polar surface area (TPSA) is 122 Å². The smallest absolute Gasteiger partial charge is 0.261 e. The van der Waals surface area contributed by atoms with Gasteiger partial charge in [0, 0.05) is 52.4 Å². The number of hydrogen-bond donors (Lipinski definition) is 1. The van der Waals surface area contributed by atoms with Crippen LogP contribution < -0.4 is 14.4 Å². The molecule has 35 heavy (non-hydrogen) atoms. The summed E-state index contributed by atoms with van der Waals surface area (Å²) in [5.74, 6) is 0.489. The molecule has 1 N–H and O–H groups in total. The van der Waals surface area contributed by atoms with E-state index in [2.05, 4.69) is 19.6 Å². The molecule has 1 saturated heterocycles. The lowest BCUT2D eigenvalue weighted by Gasteiger charge is -2.34. The first kappa shape index (κ1) is 24.9. The average Bonchev–Trinajstić information content (AvgIpc) is 2.85. The highest BCUT2D eigenvalue weighted by molar-refractivity contribution is 7.92. The Hall–Kier alpha value is -3.22. The fourth-order valence-corrected chi connectivity index (χ4v) is 5.75. The van der Waals surface area contributed by atoms with E-state index in [1.165, 1.54) is 38.4 Å². The van der Waals surface area contributed by atoms with Crippen molar-refractivity contribution in [3.63, 3.8) is 0 Å². The summed E-state index contributed by atoms with van der Waals surface area (Å²) < 4.78 is 60.3. The molecule has 186 valence electrons. The van der Waals surface area contributed by atoms with Crippen LogP contribution in [0.5, 0.6) is 5.88 Å². The van der Waals surface area contributed by atoms with Gasteiger partial charge >= 0.3 is 0 Å². The highest BCUT2D eigenvalue weighted by Crippen LogP contribution is 2.31. The zero-order valence-corrected chi connectivity index (χ0v) is 21.0. The van der Waals surface area contributed by atoms with Crippen molar-refractivity contribution in [2.45, 2.75) is 28.7 Å². The average molecular weight is 518 g/mol. The lowest BCUT2D eigenvalue weighted by atomic mass is 10.1. The number of anilines is 2. The maximum absolute atomic E-state index is 13.1. The van der Waals surface area contributed by atoms with Crippen LogP contribution in [-0.2, 0) is 20.0 Å². The van der Waals surface area contributed by atoms with Crippen molar-refractivity contribution in [2.75, 3.05) is 36.8 Å². The number of hydrogen-bond acceptors (Lipinski definition) is 8. The van der Waals surface area contributed by atoms with E-state index in [0.29, 0.717) is 24.7 Å². The standard InChI is InChI=1S/C23H27N5O5S2/c1-27(2)35(31,32)20-9-7-19(8-10-20)34(29,30)26-21-5-3-4-6-22(21)28-15-11-18(12-16-28)33-23-17-24-13-14-25-23/h3-10,13-14,17-18,26H,11-12,15-16H2,1-2H3. The third-order valence-electron chi connectivity index (χ3n) is 5.67. The normalized spacial score (nSPS) is 15.2. The molecule has 0 unspecified atom stereocenters. The molecule has 2 heterocycles. The van der Waals surface area contributed by atoms with Gasteiger partial charge < -0.3 is 9.64 Å². The Morgan fingerprint density at radius 2 is 1.60 bits per heavy atom. The summed E-state index contributed by atoms with van der Waals surface area (Å²) in [5.41, 5.74) is 1.21. The molecule has 0 aliphatic carbocycles. The molecule has 1 aliphatic rings. The summed E-state index contributed by atoms with van der Waals surface area (Å²) in [6, 6.07) is 12.4. The molecule has 0 saturated carbocycles. The molecule has 1 aliphatic heterocycles. The van der Waals surface area contributed by atoms with Crippen molar-refractivity contribution in [1.29, 1.82) is 0 Å². The van der Waals surface area contributed by atoms with Crippen molar-refractivity contribution in [3.05, 3.63) is 67.1 Å². The third-order valence-corrected chi connectivity index (χ3v) is 8.88. The van der Waals surface area contributed by atoms with Gasteiger partial charge in [-0.1, -0.05) is 12.1 Å². The summed E-state index contributed by atoms with van der Waals surface area (Å²) in [5, 5.41) is 0. The first-order chi connectivity index (χ1) is 16.7. The molecule has 4 rings (SSSR count). The molecule has 0 amide bonds. The summed E-state index contributed by atoms with van der Waals surface area (Å²) in [7, 11) is -4.74. The van der Waals surface area contributed by atoms with E-state index in [1.54, 1.807) is 30.7 Å². The molecule has 1 aromatic heterocycles. The van der Waals surface area contributed by atoms with Gasteiger partial charge in [-0.05, 0) is 36.4 Å². The lowest BCUT2D eigenvalue weighted by Crippen LogP contribution is -2.38. The zero-order chi connectivity index (χ0) is 25.1. The quantitative estimate of drug-likeness (QED) is 0.484. The van der Waals surface area contributed by atoms with E-state index in [4.69, 9.17) is 4.74 Å². The van der Waals surface area contributed by atoms with Crippen LogP contribution in [0.2, 0.25) is 0 Å². The number of piperidine rings is 1. The second-order valence-corrected chi connectivity index (χ2v) is 12.1. The van der Waals surface area contributed by atoms with Gasteiger partial charge in [-0.25, -0.2) is 26.1 Å². The number of nitrogens with zero attached hydrogens (tertiary/aromatic N) is 4. The minimum atomic E-state index is -3.93. The number of benzene rings is 2. The minimum absolute atomic E-state index is 0.00348. The number of aromatic nitrogens is 2. The van der Waals surface area contributed by atoms with Gasteiger partial charge in [-0.3, -0.25) is 9.71 Å². The van der Waals surface area contributed by atoms with Gasteiger partial charge in [-0.2, -0.15) is 0 Å². The summed E-state index contributed by atoms with van der Waals surface area (Å²) >= 11 is 0. The second kappa shape index (κ2) is 10.2. The van der Waals surface area contributed by atoms with Crippen LogP contribution in [0.1, 0.15) is 12.8 Å². The largest absolute Gasteiger partial charge is 0.473 e. The summed E-state index contributed by atoms with van der Waals surface area (Å²) in [4.78, 5) is 10.3. The van der Waals surface area contributed by atoms with Crippen LogP contribution in [0.25, 0.3) is 0 Å². The molecule has 0 radical (unpaired) electrons. The number of ether oxygens (including phenoxy) is 1. The van der Waals surface area contributed by atoms with Crippen LogP contribution in [0.4, 0.5) is 11.4 Å². The molecule has 3 aromatic rings. The van der Waals surface area contributed by atoms with Gasteiger partial charge in [0.1, 0.15) is 6.10 Å². The predicted octanol–water partition coefficient (Wildman–Crippen LogP) is 2.58. The molecule has 12 heteroatoms. The Balaban J connectivity index is 1.47. The van der Waals surface area contributed by atoms with E-state index in [0.717, 1.165) is 22.8 Å². The molecular weight excluding hydrogens is 490 g/mol. The van der Waals surface area contributed by atoms with Crippen LogP contribution in [-0.4, -0.2) is 64.4 Å². The molecule has 2 aromatic carbocycles. The second-order valence-electron chi connectivity index (χ2n) is 8.23. The van der Waals surface area contributed by atoms with Gasteiger partial charge in [0.15, 0.2) is 0 Å². The lowest BCUT2D eigenvalue weighted by molar-refractivity contribution is 0.163. The Morgan fingerprint density at radius 1 is 0.943 bits per heavy atom. The van der Waals surface area contributed by atoms with Crippen LogP contribution in [0.15, 0.2) is 76.9 Å². The van der Waals surface area contributed by atoms with Gasteiger partial charge in [0.05, 0.1) is 27.4 Å². The van der Waals surface area contributed by atoms with E-state index >= 15 is 0 Å². The van der Waals surface area contributed by atoms with E-state index in [-0.39, 0.29) is 15.9 Å². The molecule has 0 spiro atoms. The van der Waals surface area contributed by atoms with Crippen molar-refractivity contribution in [3.8, 4) is 5.88 Å². The van der Waals surface area contributed by atoms with Gasteiger partial charge in [0.2, 0.25) is 15.9 Å². The van der Waals surface area contributed by atoms with Crippen LogP contribution in [0, 0.1) is 0 Å². The maximum atomic E-state index is 13.1. The zero-order valence-electron chi connectivity index (χ0n) is 19.4. The molecule has 0 bridgehead atoms. The van der Waals surface area contributed by atoms with E-state index in [9.17, 15) is 16.8 Å². The highest BCUT2D eigenvalue weighted by atomic mass is 32.2. The van der Waals surface area contributed by atoms with E-state index in [1.807, 2.05) is 12.1 Å². The fourth-order valence-electron chi connectivity index (χ4n) is 3.77. The van der Waals surface area contributed by atoms with Crippen LogP contribution >= 0.6 is 0 Å². The molecule has 0 atom stereocenters. The molecular formula is C23H27N5O5S2. The Labute approximate surface area is 205 Å². The Kier molecular flexibility index (Phi) is 7.24. The van der Waals surface area contributed by atoms with Crippen molar-refractivity contribution in [2.24, 2.45) is 0 Å². The first-order valence-corrected chi connectivity index (χ1v) is 13.9. The van der Waals surface area contributed by atoms with Gasteiger partial charge in [-0.15, -0.1) is 0 Å². The molecule has 1 fully saturated rings. The first-order valence-electron chi connectivity index (χ1n) is 11.0. The summed E-state index contributed by atoms with van der Waals surface area (Å²) in [6.07, 6.45) is 6.26. The Bertz CT molecular complexity index is 1360. The number of sulfonamides is 2. The minimum Gasteiger partial charge on any atom is -0.473 e. The van der Waals surface area contributed by atoms with Crippen molar-refractivity contribution < 1.29 is 21.6 Å². The fraction of sp³-hybridized carbons (Fsp3) is 0.304. The highest BCUT2D eigenvalue weighted by Gasteiger charge is 2.25. The number of para-hydroxylation sites is 2. The number of nitrogens with one attached hydrogen (secondary N) is 1. The van der Waals surface area contributed by atoms with Crippen molar-refractivity contribution in [1.82, 2.24) is 14.3 Å². The Morgan fingerprint density at radius 3 is 2.23 bits per heavy atom. The van der Waals surface area contributed by atoms with Crippen molar-refractivity contribution >= 4 is 31.4 Å². The molecule has 10 nitrogen and oxygen atoms in total. The van der Waals surface area contributed by atoms with E-state index < -0.39 is 20.0 Å². The van der Waals surface area contributed by atoms with Crippen LogP contribution in [0.3, 0.4) is 0 Å².